The Balaban J connectivity index is 1.66. The van der Waals surface area contributed by atoms with Crippen LogP contribution in [0.15, 0.2) is 54.6 Å². The Morgan fingerprint density at radius 1 is 1.19 bits per heavy atom. The highest BCUT2D eigenvalue weighted by Crippen LogP contribution is 2.32. The van der Waals surface area contributed by atoms with Gasteiger partial charge in [-0.3, -0.25) is 4.79 Å². The van der Waals surface area contributed by atoms with E-state index in [9.17, 15) is 14.0 Å². The third kappa shape index (κ3) is 3.67. The van der Waals surface area contributed by atoms with Crippen molar-refractivity contribution in [2.24, 2.45) is 0 Å². The second-order valence-electron chi connectivity index (χ2n) is 6.32. The number of nitrogens with zero attached hydrogens (tertiary/aromatic N) is 1. The Bertz CT molecular complexity index is 862. The Morgan fingerprint density at radius 2 is 1.88 bits per heavy atom. The second-order valence-corrected chi connectivity index (χ2v) is 6.32. The number of carbonyl (C=O) groups excluding carboxylic acids is 2. The SMILES string of the molecule is C[C@H](OC(=O)/C=C/c1ccccc1F)C(=O)N1c2ccccc2C[C@@H]1C. The number of benzene rings is 2. The third-order valence-corrected chi connectivity index (χ3v) is 4.39. The van der Waals surface area contributed by atoms with Gasteiger partial charge in [-0.1, -0.05) is 36.4 Å². The fourth-order valence-electron chi connectivity index (χ4n) is 3.13. The number of para-hydroxylation sites is 1. The molecule has 5 heteroatoms. The highest BCUT2D eigenvalue weighted by atomic mass is 19.1. The van der Waals surface area contributed by atoms with Gasteiger partial charge in [0.1, 0.15) is 5.82 Å². The van der Waals surface area contributed by atoms with Crippen molar-refractivity contribution in [1.82, 2.24) is 0 Å². The lowest BCUT2D eigenvalue weighted by atomic mass is 10.1. The van der Waals surface area contributed by atoms with Crippen molar-refractivity contribution in [2.45, 2.75) is 32.4 Å². The summed E-state index contributed by atoms with van der Waals surface area (Å²) in [6.45, 7) is 3.51. The standard InChI is InChI=1S/C21H20FNO3/c1-14-13-17-8-4-6-10-19(17)23(14)21(25)15(2)26-20(24)12-11-16-7-3-5-9-18(16)22/h3-12,14-15H,13H2,1-2H3/b12-11+/t14-,15-/m0/s1. The molecule has 0 N–H and O–H groups in total. The van der Waals surface area contributed by atoms with Crippen LogP contribution in [0.25, 0.3) is 6.08 Å². The van der Waals surface area contributed by atoms with Crippen LogP contribution in [0.3, 0.4) is 0 Å². The lowest BCUT2D eigenvalue weighted by Gasteiger charge is -2.25. The fourth-order valence-corrected chi connectivity index (χ4v) is 3.13. The lowest BCUT2D eigenvalue weighted by molar-refractivity contribution is -0.149. The topological polar surface area (TPSA) is 46.6 Å². The van der Waals surface area contributed by atoms with E-state index in [-0.39, 0.29) is 17.5 Å². The van der Waals surface area contributed by atoms with Gasteiger partial charge in [-0.15, -0.1) is 0 Å². The molecule has 0 aliphatic carbocycles. The zero-order valence-corrected chi connectivity index (χ0v) is 14.7. The number of fused-ring (bicyclic) bond motifs is 1. The quantitative estimate of drug-likeness (QED) is 0.621. The van der Waals surface area contributed by atoms with Crippen molar-refractivity contribution in [1.29, 1.82) is 0 Å². The summed E-state index contributed by atoms with van der Waals surface area (Å²) in [5.41, 5.74) is 2.24. The van der Waals surface area contributed by atoms with Gasteiger partial charge >= 0.3 is 5.97 Å². The van der Waals surface area contributed by atoms with E-state index in [0.29, 0.717) is 0 Å². The van der Waals surface area contributed by atoms with Crippen LogP contribution in [0.1, 0.15) is 25.0 Å². The van der Waals surface area contributed by atoms with Gasteiger partial charge in [0.05, 0.1) is 0 Å². The first-order valence-electron chi connectivity index (χ1n) is 8.51. The molecule has 0 saturated heterocycles. The number of carbonyl (C=O) groups is 2. The van der Waals surface area contributed by atoms with Gasteiger partial charge < -0.3 is 9.64 Å². The number of hydrogen-bond acceptors (Lipinski definition) is 3. The summed E-state index contributed by atoms with van der Waals surface area (Å²) in [5, 5.41) is 0. The van der Waals surface area contributed by atoms with Crippen LogP contribution in [-0.4, -0.2) is 24.0 Å². The summed E-state index contributed by atoms with van der Waals surface area (Å²) in [4.78, 5) is 26.4. The minimum atomic E-state index is -0.929. The Kier molecular flexibility index (Phi) is 5.16. The first kappa shape index (κ1) is 17.9. The smallest absolute Gasteiger partial charge is 0.331 e. The number of anilines is 1. The number of halogens is 1. The Hall–Kier alpha value is -2.95. The highest BCUT2D eigenvalue weighted by molar-refractivity contribution is 6.00. The van der Waals surface area contributed by atoms with Crippen molar-refractivity contribution < 1.29 is 18.7 Å². The minimum absolute atomic E-state index is 0.00927. The molecule has 1 aliphatic rings. The molecule has 3 rings (SSSR count). The van der Waals surface area contributed by atoms with E-state index < -0.39 is 17.9 Å². The molecule has 26 heavy (non-hydrogen) atoms. The van der Waals surface area contributed by atoms with Gasteiger partial charge in [-0.05, 0) is 44.0 Å². The second kappa shape index (κ2) is 7.52. The Morgan fingerprint density at radius 3 is 2.65 bits per heavy atom. The molecule has 0 bridgehead atoms. The fraction of sp³-hybridized carbons (Fsp3) is 0.238. The van der Waals surface area contributed by atoms with Gasteiger partial charge in [-0.2, -0.15) is 0 Å². The van der Waals surface area contributed by atoms with E-state index in [1.807, 2.05) is 31.2 Å². The number of amides is 1. The first-order valence-corrected chi connectivity index (χ1v) is 8.51. The van der Waals surface area contributed by atoms with Crippen LogP contribution in [0.4, 0.5) is 10.1 Å². The van der Waals surface area contributed by atoms with Crippen LogP contribution in [0.2, 0.25) is 0 Å². The summed E-state index contributed by atoms with van der Waals surface area (Å²) in [6.07, 6.45) is 2.31. The minimum Gasteiger partial charge on any atom is -0.449 e. The van der Waals surface area contributed by atoms with E-state index in [4.69, 9.17) is 4.74 Å². The third-order valence-electron chi connectivity index (χ3n) is 4.39. The summed E-state index contributed by atoms with van der Waals surface area (Å²) < 4.78 is 18.8. The van der Waals surface area contributed by atoms with Crippen LogP contribution >= 0.6 is 0 Å². The van der Waals surface area contributed by atoms with E-state index in [1.54, 1.807) is 30.0 Å². The van der Waals surface area contributed by atoms with Crippen molar-refractivity contribution >= 4 is 23.6 Å². The maximum absolute atomic E-state index is 13.6. The summed E-state index contributed by atoms with van der Waals surface area (Å²) in [5.74, 6) is -1.38. The van der Waals surface area contributed by atoms with E-state index in [0.717, 1.165) is 23.7 Å². The summed E-state index contributed by atoms with van der Waals surface area (Å²) in [7, 11) is 0. The van der Waals surface area contributed by atoms with Crippen molar-refractivity contribution in [3.05, 3.63) is 71.6 Å². The lowest BCUT2D eigenvalue weighted by Crippen LogP contribution is -2.43. The number of rotatable bonds is 4. The normalized spacial score (nSPS) is 17.2. The molecule has 4 nitrogen and oxygen atoms in total. The van der Waals surface area contributed by atoms with E-state index in [1.165, 1.54) is 12.1 Å². The molecule has 0 saturated carbocycles. The zero-order valence-electron chi connectivity index (χ0n) is 14.7. The molecule has 2 atom stereocenters. The van der Waals surface area contributed by atoms with Crippen molar-refractivity contribution in [3.63, 3.8) is 0 Å². The molecule has 134 valence electrons. The van der Waals surface area contributed by atoms with Crippen LogP contribution < -0.4 is 4.90 Å². The van der Waals surface area contributed by atoms with Gasteiger partial charge in [0.2, 0.25) is 0 Å². The van der Waals surface area contributed by atoms with Crippen LogP contribution in [-0.2, 0) is 20.7 Å². The largest absolute Gasteiger partial charge is 0.449 e. The number of ether oxygens (including phenoxy) is 1. The molecule has 0 spiro atoms. The predicted octanol–water partition coefficient (Wildman–Crippen LogP) is 3.75. The van der Waals surface area contributed by atoms with Crippen molar-refractivity contribution in [3.8, 4) is 0 Å². The summed E-state index contributed by atoms with van der Waals surface area (Å²) in [6, 6.07) is 13.8. The van der Waals surface area contributed by atoms with Crippen LogP contribution in [0, 0.1) is 5.82 Å². The van der Waals surface area contributed by atoms with E-state index >= 15 is 0 Å². The average molecular weight is 353 g/mol. The molecule has 1 heterocycles. The van der Waals surface area contributed by atoms with Crippen molar-refractivity contribution in [2.75, 3.05) is 4.90 Å². The molecule has 0 aromatic heterocycles. The van der Waals surface area contributed by atoms with Gasteiger partial charge in [0, 0.05) is 23.4 Å². The molecule has 2 aromatic rings. The maximum atomic E-state index is 13.6. The van der Waals surface area contributed by atoms with Gasteiger partial charge in [-0.25, -0.2) is 9.18 Å². The maximum Gasteiger partial charge on any atom is 0.331 e. The Labute approximate surface area is 151 Å². The molecule has 2 aromatic carbocycles. The molecule has 1 amide bonds. The molecular formula is C21H20FNO3. The molecule has 0 radical (unpaired) electrons. The number of hydrogen-bond donors (Lipinski definition) is 0. The van der Waals surface area contributed by atoms with Gasteiger partial charge in [0.25, 0.3) is 5.91 Å². The zero-order chi connectivity index (χ0) is 18.7. The monoisotopic (exact) mass is 353 g/mol. The molecular weight excluding hydrogens is 333 g/mol. The average Bonchev–Trinajstić information content (AvgIpc) is 2.96. The predicted molar refractivity (Wildman–Crippen MR) is 98.1 cm³/mol. The molecule has 0 fully saturated rings. The number of esters is 1. The summed E-state index contributed by atoms with van der Waals surface area (Å²) >= 11 is 0. The highest BCUT2D eigenvalue weighted by Gasteiger charge is 2.34. The van der Waals surface area contributed by atoms with Gasteiger partial charge in [0.15, 0.2) is 6.10 Å². The molecule has 1 aliphatic heterocycles. The van der Waals surface area contributed by atoms with Crippen LogP contribution in [0.5, 0.6) is 0 Å². The molecule has 0 unspecified atom stereocenters. The van der Waals surface area contributed by atoms with E-state index in [2.05, 4.69) is 0 Å². The first-order chi connectivity index (χ1) is 12.5.